The molecule has 0 aromatic carbocycles. The summed E-state index contributed by atoms with van der Waals surface area (Å²) in [4.78, 5) is 6.93. The Morgan fingerprint density at radius 2 is 2.26 bits per heavy atom. The summed E-state index contributed by atoms with van der Waals surface area (Å²) in [6.07, 6.45) is 2.79. The van der Waals surface area contributed by atoms with Crippen molar-refractivity contribution in [2.45, 2.75) is 52.2 Å². The first-order valence-corrected chi connectivity index (χ1v) is 7.27. The average Bonchev–Trinajstić information content (AvgIpc) is 2.75. The number of nitrogens with zero attached hydrogens (tertiary/aromatic N) is 4. The molecule has 0 bridgehead atoms. The highest BCUT2D eigenvalue weighted by Crippen LogP contribution is 2.24. The standard InChI is InChI=1S/C14H27N5/c1-6-14(4)9-19(12(7-16-14)11(2)3)8-13-15-10-17-18(13)5/h10-12,16H,6-9H2,1-5H3. The van der Waals surface area contributed by atoms with Gasteiger partial charge in [-0.2, -0.15) is 5.10 Å². The molecule has 2 unspecified atom stereocenters. The van der Waals surface area contributed by atoms with Crippen LogP contribution in [0.3, 0.4) is 0 Å². The summed E-state index contributed by atoms with van der Waals surface area (Å²) in [5.41, 5.74) is 0.212. The van der Waals surface area contributed by atoms with E-state index in [1.54, 1.807) is 6.33 Å². The van der Waals surface area contributed by atoms with E-state index in [9.17, 15) is 0 Å². The van der Waals surface area contributed by atoms with Crippen molar-refractivity contribution in [2.24, 2.45) is 13.0 Å². The smallest absolute Gasteiger partial charge is 0.140 e. The van der Waals surface area contributed by atoms with Crippen LogP contribution in [0.2, 0.25) is 0 Å². The molecule has 2 atom stereocenters. The quantitative estimate of drug-likeness (QED) is 0.894. The van der Waals surface area contributed by atoms with Gasteiger partial charge in [-0.05, 0) is 19.3 Å². The molecular weight excluding hydrogens is 238 g/mol. The fourth-order valence-electron chi connectivity index (χ4n) is 2.81. The molecule has 1 N–H and O–H groups in total. The Labute approximate surface area is 116 Å². The van der Waals surface area contributed by atoms with Crippen LogP contribution >= 0.6 is 0 Å². The topological polar surface area (TPSA) is 46.0 Å². The second kappa shape index (κ2) is 5.59. The molecule has 0 spiro atoms. The number of aryl methyl sites for hydroxylation is 1. The van der Waals surface area contributed by atoms with Crippen molar-refractivity contribution in [3.05, 3.63) is 12.2 Å². The van der Waals surface area contributed by atoms with Crippen molar-refractivity contribution in [2.75, 3.05) is 13.1 Å². The van der Waals surface area contributed by atoms with Gasteiger partial charge in [0.25, 0.3) is 0 Å². The fraction of sp³-hybridized carbons (Fsp3) is 0.857. The molecule has 5 heteroatoms. The van der Waals surface area contributed by atoms with E-state index in [0.717, 1.165) is 31.9 Å². The summed E-state index contributed by atoms with van der Waals surface area (Å²) < 4.78 is 1.88. The van der Waals surface area contributed by atoms with Crippen LogP contribution in [0.4, 0.5) is 0 Å². The summed E-state index contributed by atoms with van der Waals surface area (Å²) in [6.45, 7) is 12.2. The van der Waals surface area contributed by atoms with E-state index < -0.39 is 0 Å². The van der Waals surface area contributed by atoms with Crippen molar-refractivity contribution < 1.29 is 0 Å². The van der Waals surface area contributed by atoms with E-state index in [-0.39, 0.29) is 5.54 Å². The number of piperazine rings is 1. The maximum absolute atomic E-state index is 4.37. The minimum absolute atomic E-state index is 0.212. The van der Waals surface area contributed by atoms with E-state index in [1.807, 2.05) is 11.7 Å². The summed E-state index contributed by atoms with van der Waals surface area (Å²) in [5.74, 6) is 1.69. The molecular formula is C14H27N5. The van der Waals surface area contributed by atoms with E-state index in [2.05, 4.69) is 48.0 Å². The maximum atomic E-state index is 4.37. The van der Waals surface area contributed by atoms with Crippen LogP contribution in [-0.2, 0) is 13.6 Å². The first-order chi connectivity index (χ1) is 8.95. The summed E-state index contributed by atoms with van der Waals surface area (Å²) in [6, 6.07) is 0.566. The number of hydrogen-bond donors (Lipinski definition) is 1. The lowest BCUT2D eigenvalue weighted by molar-refractivity contribution is 0.0510. The maximum Gasteiger partial charge on any atom is 0.140 e. The SMILES string of the molecule is CCC1(C)CN(Cc2ncnn2C)C(C(C)C)CN1. The average molecular weight is 265 g/mol. The Kier molecular flexibility index (Phi) is 4.26. The highest BCUT2D eigenvalue weighted by molar-refractivity contribution is 4.97. The molecule has 2 rings (SSSR count). The normalized spacial score (nSPS) is 29.1. The lowest BCUT2D eigenvalue weighted by Gasteiger charge is -2.47. The molecule has 2 heterocycles. The van der Waals surface area contributed by atoms with Crippen LogP contribution in [0.15, 0.2) is 6.33 Å². The molecule has 0 saturated carbocycles. The molecule has 1 aliphatic rings. The molecule has 1 aromatic rings. The second-order valence-corrected chi connectivity index (χ2v) is 6.31. The van der Waals surface area contributed by atoms with E-state index in [4.69, 9.17) is 0 Å². The fourth-order valence-corrected chi connectivity index (χ4v) is 2.81. The molecule has 0 radical (unpaired) electrons. The molecule has 0 amide bonds. The molecule has 1 aliphatic heterocycles. The minimum Gasteiger partial charge on any atom is -0.309 e. The van der Waals surface area contributed by atoms with Gasteiger partial charge < -0.3 is 5.32 Å². The van der Waals surface area contributed by atoms with Crippen molar-refractivity contribution in [1.29, 1.82) is 0 Å². The summed E-state index contributed by atoms with van der Waals surface area (Å²) in [5, 5.41) is 7.89. The zero-order chi connectivity index (χ0) is 14.0. The van der Waals surface area contributed by atoms with Crippen LogP contribution < -0.4 is 5.32 Å². The third kappa shape index (κ3) is 3.15. The van der Waals surface area contributed by atoms with Gasteiger partial charge in [-0.25, -0.2) is 4.98 Å². The monoisotopic (exact) mass is 265 g/mol. The number of rotatable bonds is 4. The molecule has 1 aromatic heterocycles. The Balaban J connectivity index is 2.14. The van der Waals surface area contributed by atoms with Crippen LogP contribution in [-0.4, -0.2) is 44.3 Å². The first-order valence-electron chi connectivity index (χ1n) is 7.27. The number of hydrogen-bond acceptors (Lipinski definition) is 4. The molecule has 108 valence electrons. The predicted molar refractivity (Wildman–Crippen MR) is 76.7 cm³/mol. The van der Waals surface area contributed by atoms with Gasteiger partial charge in [0.1, 0.15) is 12.2 Å². The first kappa shape index (κ1) is 14.5. The van der Waals surface area contributed by atoms with Crippen molar-refractivity contribution in [1.82, 2.24) is 25.0 Å². The van der Waals surface area contributed by atoms with Gasteiger partial charge in [0.05, 0.1) is 6.54 Å². The van der Waals surface area contributed by atoms with Gasteiger partial charge in [0, 0.05) is 31.7 Å². The Bertz CT molecular complexity index is 414. The van der Waals surface area contributed by atoms with Gasteiger partial charge in [0.2, 0.25) is 0 Å². The largest absolute Gasteiger partial charge is 0.309 e. The Hall–Kier alpha value is -0.940. The lowest BCUT2D eigenvalue weighted by atomic mass is 9.90. The van der Waals surface area contributed by atoms with Gasteiger partial charge in [-0.15, -0.1) is 0 Å². The molecule has 5 nitrogen and oxygen atoms in total. The zero-order valence-electron chi connectivity index (χ0n) is 12.8. The summed E-state index contributed by atoms with van der Waals surface area (Å²) in [7, 11) is 1.97. The predicted octanol–water partition coefficient (Wildman–Crippen LogP) is 1.41. The Morgan fingerprint density at radius 1 is 1.53 bits per heavy atom. The van der Waals surface area contributed by atoms with Gasteiger partial charge in [0.15, 0.2) is 0 Å². The van der Waals surface area contributed by atoms with E-state index >= 15 is 0 Å². The van der Waals surface area contributed by atoms with Crippen molar-refractivity contribution >= 4 is 0 Å². The van der Waals surface area contributed by atoms with Gasteiger partial charge >= 0.3 is 0 Å². The van der Waals surface area contributed by atoms with Crippen LogP contribution in [0.5, 0.6) is 0 Å². The van der Waals surface area contributed by atoms with E-state index in [1.165, 1.54) is 0 Å². The second-order valence-electron chi connectivity index (χ2n) is 6.31. The van der Waals surface area contributed by atoms with Crippen LogP contribution in [0.1, 0.15) is 39.9 Å². The zero-order valence-corrected chi connectivity index (χ0v) is 12.8. The molecule has 1 saturated heterocycles. The highest BCUT2D eigenvalue weighted by atomic mass is 15.3. The van der Waals surface area contributed by atoms with Crippen molar-refractivity contribution in [3.63, 3.8) is 0 Å². The highest BCUT2D eigenvalue weighted by Gasteiger charge is 2.36. The third-order valence-corrected chi connectivity index (χ3v) is 4.46. The number of nitrogens with one attached hydrogen (secondary N) is 1. The Morgan fingerprint density at radius 3 is 2.79 bits per heavy atom. The lowest BCUT2D eigenvalue weighted by Crippen LogP contribution is -2.63. The van der Waals surface area contributed by atoms with Crippen LogP contribution in [0, 0.1) is 5.92 Å². The number of aromatic nitrogens is 3. The molecule has 1 fully saturated rings. The molecule has 19 heavy (non-hydrogen) atoms. The summed E-state index contributed by atoms with van der Waals surface area (Å²) >= 11 is 0. The van der Waals surface area contributed by atoms with Gasteiger partial charge in [-0.1, -0.05) is 20.8 Å². The minimum atomic E-state index is 0.212. The van der Waals surface area contributed by atoms with Gasteiger partial charge in [-0.3, -0.25) is 9.58 Å². The van der Waals surface area contributed by atoms with E-state index in [0.29, 0.717) is 12.0 Å². The molecule has 0 aliphatic carbocycles. The van der Waals surface area contributed by atoms with Crippen LogP contribution in [0.25, 0.3) is 0 Å². The third-order valence-electron chi connectivity index (χ3n) is 4.46. The van der Waals surface area contributed by atoms with Crippen molar-refractivity contribution in [3.8, 4) is 0 Å².